The van der Waals surface area contributed by atoms with Crippen LogP contribution >= 0.6 is 0 Å². The molecule has 0 bridgehead atoms. The number of ether oxygens (including phenoxy) is 1. The first-order valence-electron chi connectivity index (χ1n) is 6.13. The van der Waals surface area contributed by atoms with E-state index < -0.39 is 0 Å². The first-order valence-corrected chi connectivity index (χ1v) is 6.13. The van der Waals surface area contributed by atoms with E-state index in [1.807, 2.05) is 25.1 Å². The molecule has 2 rings (SSSR count). The van der Waals surface area contributed by atoms with Gasteiger partial charge < -0.3 is 9.94 Å². The Kier molecular flexibility index (Phi) is 3.67. The Morgan fingerprint density at radius 3 is 2.88 bits per heavy atom. The third-order valence-corrected chi connectivity index (χ3v) is 3.16. The lowest BCUT2D eigenvalue weighted by Gasteiger charge is -2.11. The maximum atomic E-state index is 8.86. The molecule has 1 aliphatic rings. The molecule has 0 saturated heterocycles. The average molecular weight is 233 g/mol. The van der Waals surface area contributed by atoms with Gasteiger partial charge in [-0.1, -0.05) is 29.6 Å². The van der Waals surface area contributed by atoms with E-state index in [1.165, 1.54) is 12.8 Å². The van der Waals surface area contributed by atoms with E-state index in [0.29, 0.717) is 5.71 Å². The Hall–Kier alpha value is -1.51. The van der Waals surface area contributed by atoms with Crippen LogP contribution in [0, 0.1) is 12.8 Å². The highest BCUT2D eigenvalue weighted by molar-refractivity contribution is 6.00. The zero-order valence-corrected chi connectivity index (χ0v) is 10.4. The van der Waals surface area contributed by atoms with Crippen LogP contribution < -0.4 is 4.74 Å². The Balaban J connectivity index is 2.07. The minimum absolute atomic E-state index is 0.593. The standard InChI is InChI=1S/C14H19NO2/c1-10-3-6-14(13(9-10)11(2)15-16)17-8-7-12-4-5-12/h3,6,9,12,16H,4-5,7-8H2,1-2H3. The van der Waals surface area contributed by atoms with Crippen molar-refractivity contribution in [2.45, 2.75) is 33.1 Å². The lowest BCUT2D eigenvalue weighted by molar-refractivity contribution is 0.300. The van der Waals surface area contributed by atoms with Gasteiger partial charge in [-0.15, -0.1) is 0 Å². The number of nitrogens with zero attached hydrogens (tertiary/aromatic N) is 1. The van der Waals surface area contributed by atoms with Crippen molar-refractivity contribution in [2.24, 2.45) is 11.1 Å². The van der Waals surface area contributed by atoms with Gasteiger partial charge in [-0.2, -0.15) is 0 Å². The van der Waals surface area contributed by atoms with Gasteiger partial charge in [-0.25, -0.2) is 0 Å². The summed E-state index contributed by atoms with van der Waals surface area (Å²) in [5.41, 5.74) is 2.61. The number of hydrogen-bond acceptors (Lipinski definition) is 3. The summed E-state index contributed by atoms with van der Waals surface area (Å²) < 4.78 is 5.77. The largest absolute Gasteiger partial charge is 0.493 e. The molecule has 0 heterocycles. The Morgan fingerprint density at radius 2 is 2.24 bits per heavy atom. The summed E-state index contributed by atoms with van der Waals surface area (Å²) in [5, 5.41) is 12.1. The second-order valence-electron chi connectivity index (χ2n) is 4.77. The minimum Gasteiger partial charge on any atom is -0.493 e. The second kappa shape index (κ2) is 5.21. The van der Waals surface area contributed by atoms with E-state index in [-0.39, 0.29) is 0 Å². The number of oxime groups is 1. The molecule has 3 nitrogen and oxygen atoms in total. The van der Waals surface area contributed by atoms with Crippen molar-refractivity contribution in [3.8, 4) is 5.75 Å². The molecule has 1 aromatic carbocycles. The molecule has 1 saturated carbocycles. The maximum Gasteiger partial charge on any atom is 0.128 e. The molecule has 1 N–H and O–H groups in total. The van der Waals surface area contributed by atoms with Crippen LogP contribution in [0.25, 0.3) is 0 Å². The van der Waals surface area contributed by atoms with Crippen LogP contribution in [0.2, 0.25) is 0 Å². The summed E-state index contributed by atoms with van der Waals surface area (Å²) in [4.78, 5) is 0. The lowest BCUT2D eigenvalue weighted by Crippen LogP contribution is -2.04. The minimum atomic E-state index is 0.593. The fourth-order valence-corrected chi connectivity index (χ4v) is 1.85. The van der Waals surface area contributed by atoms with E-state index in [9.17, 15) is 0 Å². The first kappa shape index (κ1) is 12.0. The summed E-state index contributed by atoms with van der Waals surface area (Å²) in [7, 11) is 0. The molecule has 0 unspecified atom stereocenters. The van der Waals surface area contributed by atoms with Gasteiger partial charge in [0.2, 0.25) is 0 Å². The second-order valence-corrected chi connectivity index (χ2v) is 4.77. The highest BCUT2D eigenvalue weighted by Crippen LogP contribution is 2.32. The topological polar surface area (TPSA) is 41.8 Å². The zero-order valence-electron chi connectivity index (χ0n) is 10.4. The van der Waals surface area contributed by atoms with Crippen molar-refractivity contribution < 1.29 is 9.94 Å². The molecular formula is C14H19NO2. The van der Waals surface area contributed by atoms with Crippen molar-refractivity contribution in [3.05, 3.63) is 29.3 Å². The van der Waals surface area contributed by atoms with E-state index in [1.54, 1.807) is 6.92 Å². The van der Waals surface area contributed by atoms with E-state index >= 15 is 0 Å². The Labute approximate surface area is 102 Å². The van der Waals surface area contributed by atoms with Crippen molar-refractivity contribution in [1.82, 2.24) is 0 Å². The molecule has 0 aromatic heterocycles. The number of rotatable bonds is 5. The quantitative estimate of drug-likeness (QED) is 0.481. The van der Waals surface area contributed by atoms with Gasteiger partial charge in [0, 0.05) is 5.56 Å². The number of aryl methyl sites for hydroxylation is 1. The van der Waals surface area contributed by atoms with Crippen LogP contribution in [0.3, 0.4) is 0 Å². The summed E-state index contributed by atoms with van der Waals surface area (Å²) in [5.74, 6) is 1.68. The van der Waals surface area contributed by atoms with E-state index in [4.69, 9.17) is 9.94 Å². The molecule has 0 amide bonds. The Morgan fingerprint density at radius 1 is 1.47 bits per heavy atom. The number of hydrogen-bond donors (Lipinski definition) is 1. The van der Waals surface area contributed by atoms with Gasteiger partial charge in [0.15, 0.2) is 0 Å². The van der Waals surface area contributed by atoms with Crippen LogP contribution in [0.1, 0.15) is 37.3 Å². The van der Waals surface area contributed by atoms with Crippen LogP contribution in [0.4, 0.5) is 0 Å². The van der Waals surface area contributed by atoms with Gasteiger partial charge in [0.05, 0.1) is 12.3 Å². The maximum absolute atomic E-state index is 8.86. The van der Waals surface area contributed by atoms with Crippen molar-refractivity contribution >= 4 is 5.71 Å². The fraction of sp³-hybridized carbons (Fsp3) is 0.500. The molecule has 1 aliphatic carbocycles. The summed E-state index contributed by atoms with van der Waals surface area (Å²) in [6, 6.07) is 5.95. The van der Waals surface area contributed by atoms with Gasteiger partial charge in [0.1, 0.15) is 5.75 Å². The normalized spacial score (nSPS) is 16.0. The van der Waals surface area contributed by atoms with Gasteiger partial charge in [-0.05, 0) is 38.3 Å². The van der Waals surface area contributed by atoms with Crippen molar-refractivity contribution in [1.29, 1.82) is 0 Å². The third-order valence-electron chi connectivity index (χ3n) is 3.16. The Bertz CT molecular complexity index is 422. The third kappa shape index (κ3) is 3.22. The van der Waals surface area contributed by atoms with Gasteiger partial charge >= 0.3 is 0 Å². The summed E-state index contributed by atoms with van der Waals surface area (Å²) >= 11 is 0. The molecule has 0 atom stereocenters. The molecule has 0 aliphatic heterocycles. The fourth-order valence-electron chi connectivity index (χ4n) is 1.85. The molecule has 0 radical (unpaired) electrons. The predicted molar refractivity (Wildman–Crippen MR) is 68.0 cm³/mol. The molecule has 3 heteroatoms. The first-order chi connectivity index (χ1) is 8.20. The molecule has 1 aromatic rings. The van der Waals surface area contributed by atoms with Crippen LogP contribution in [-0.4, -0.2) is 17.5 Å². The highest BCUT2D eigenvalue weighted by atomic mass is 16.5. The molecule has 17 heavy (non-hydrogen) atoms. The van der Waals surface area contributed by atoms with Crippen molar-refractivity contribution in [3.63, 3.8) is 0 Å². The van der Waals surface area contributed by atoms with E-state index in [0.717, 1.165) is 35.8 Å². The van der Waals surface area contributed by atoms with Crippen LogP contribution in [0.5, 0.6) is 5.75 Å². The molecule has 1 fully saturated rings. The monoisotopic (exact) mass is 233 g/mol. The zero-order chi connectivity index (χ0) is 12.3. The molecular weight excluding hydrogens is 214 g/mol. The SMILES string of the molecule is CC(=NO)c1cc(C)ccc1OCCC1CC1. The summed E-state index contributed by atoms with van der Waals surface area (Å²) in [6.07, 6.45) is 3.82. The van der Waals surface area contributed by atoms with Gasteiger partial charge in [0.25, 0.3) is 0 Å². The predicted octanol–water partition coefficient (Wildman–Crippen LogP) is 3.37. The highest BCUT2D eigenvalue weighted by Gasteiger charge is 2.21. The van der Waals surface area contributed by atoms with Gasteiger partial charge in [-0.3, -0.25) is 0 Å². The number of benzene rings is 1. The molecule has 92 valence electrons. The van der Waals surface area contributed by atoms with Crippen molar-refractivity contribution in [2.75, 3.05) is 6.61 Å². The summed E-state index contributed by atoms with van der Waals surface area (Å²) in [6.45, 7) is 4.55. The van der Waals surface area contributed by atoms with E-state index in [2.05, 4.69) is 5.16 Å². The lowest BCUT2D eigenvalue weighted by atomic mass is 10.1. The van der Waals surface area contributed by atoms with Crippen LogP contribution in [0.15, 0.2) is 23.4 Å². The molecule has 0 spiro atoms. The smallest absolute Gasteiger partial charge is 0.128 e. The van der Waals surface area contributed by atoms with Crippen LogP contribution in [-0.2, 0) is 0 Å². The average Bonchev–Trinajstić information content (AvgIpc) is 3.14.